The minimum Gasteiger partial charge on any atom is -0.462 e. The van der Waals surface area contributed by atoms with Crippen molar-refractivity contribution < 1.29 is 9.53 Å². The predicted octanol–water partition coefficient (Wildman–Crippen LogP) is 2.73. The fourth-order valence-electron chi connectivity index (χ4n) is 3.00. The molecule has 3 nitrogen and oxygen atoms in total. The fourth-order valence-corrected chi connectivity index (χ4v) is 3.00. The standard InChI is InChI=1S/C14H27NO2/c1-10-7-12(9-14(3,4)8-10)17-13(16)11(2)5-6-15/h10-12H,5-9,15H2,1-4H3. The molecule has 3 unspecified atom stereocenters. The quantitative estimate of drug-likeness (QED) is 0.770. The van der Waals surface area contributed by atoms with Crippen LogP contribution in [0.3, 0.4) is 0 Å². The van der Waals surface area contributed by atoms with E-state index >= 15 is 0 Å². The van der Waals surface area contributed by atoms with Gasteiger partial charge in [-0.15, -0.1) is 0 Å². The second-order valence-electron chi connectivity index (χ2n) is 6.45. The molecule has 2 N–H and O–H groups in total. The summed E-state index contributed by atoms with van der Waals surface area (Å²) in [6.45, 7) is 9.19. The molecule has 1 rings (SSSR count). The predicted molar refractivity (Wildman–Crippen MR) is 69.5 cm³/mol. The van der Waals surface area contributed by atoms with E-state index in [0.717, 1.165) is 12.8 Å². The zero-order valence-electron chi connectivity index (χ0n) is 11.7. The molecule has 1 saturated carbocycles. The Morgan fingerprint density at radius 1 is 1.47 bits per heavy atom. The second kappa shape index (κ2) is 5.85. The molecule has 0 amide bonds. The van der Waals surface area contributed by atoms with Gasteiger partial charge in [0.15, 0.2) is 0 Å². The van der Waals surface area contributed by atoms with Crippen molar-refractivity contribution in [2.24, 2.45) is 23.0 Å². The van der Waals surface area contributed by atoms with Gasteiger partial charge in [-0.1, -0.05) is 27.7 Å². The monoisotopic (exact) mass is 241 g/mol. The van der Waals surface area contributed by atoms with Gasteiger partial charge in [0.2, 0.25) is 0 Å². The third-order valence-corrected chi connectivity index (χ3v) is 3.63. The van der Waals surface area contributed by atoms with Crippen LogP contribution < -0.4 is 5.73 Å². The Hall–Kier alpha value is -0.570. The number of rotatable bonds is 4. The van der Waals surface area contributed by atoms with E-state index in [1.54, 1.807) is 0 Å². The molecule has 0 radical (unpaired) electrons. The maximum Gasteiger partial charge on any atom is 0.308 e. The molecule has 0 aliphatic heterocycles. The highest BCUT2D eigenvalue weighted by Gasteiger charge is 2.34. The average molecular weight is 241 g/mol. The highest BCUT2D eigenvalue weighted by Crippen LogP contribution is 2.39. The lowest BCUT2D eigenvalue weighted by molar-refractivity contribution is -0.158. The Bertz CT molecular complexity index is 263. The number of carbonyl (C=O) groups excluding carboxylic acids is 1. The molecule has 0 aromatic rings. The van der Waals surface area contributed by atoms with Gasteiger partial charge in [-0.25, -0.2) is 0 Å². The van der Waals surface area contributed by atoms with Gasteiger partial charge in [-0.05, 0) is 43.6 Å². The van der Waals surface area contributed by atoms with Crippen molar-refractivity contribution in [1.29, 1.82) is 0 Å². The van der Waals surface area contributed by atoms with Crippen molar-refractivity contribution in [2.45, 2.75) is 59.5 Å². The number of carbonyl (C=O) groups is 1. The number of hydrogen-bond donors (Lipinski definition) is 1. The summed E-state index contributed by atoms with van der Waals surface area (Å²) >= 11 is 0. The Labute approximate surface area is 105 Å². The molecular weight excluding hydrogens is 214 g/mol. The van der Waals surface area contributed by atoms with Crippen molar-refractivity contribution in [1.82, 2.24) is 0 Å². The van der Waals surface area contributed by atoms with Crippen LogP contribution in [0.15, 0.2) is 0 Å². The largest absolute Gasteiger partial charge is 0.462 e. The van der Waals surface area contributed by atoms with Crippen molar-refractivity contribution in [3.8, 4) is 0 Å². The van der Waals surface area contributed by atoms with Gasteiger partial charge in [0.25, 0.3) is 0 Å². The molecule has 3 atom stereocenters. The van der Waals surface area contributed by atoms with Crippen LogP contribution in [0.2, 0.25) is 0 Å². The Balaban J connectivity index is 2.48. The zero-order chi connectivity index (χ0) is 13.1. The first-order valence-corrected chi connectivity index (χ1v) is 6.74. The van der Waals surface area contributed by atoms with E-state index < -0.39 is 0 Å². The van der Waals surface area contributed by atoms with Gasteiger partial charge in [0.1, 0.15) is 6.10 Å². The summed E-state index contributed by atoms with van der Waals surface area (Å²) in [5.74, 6) is 0.493. The first-order valence-electron chi connectivity index (χ1n) is 6.74. The van der Waals surface area contributed by atoms with Gasteiger partial charge in [-0.3, -0.25) is 4.79 Å². The number of esters is 1. The van der Waals surface area contributed by atoms with Crippen LogP contribution in [0.4, 0.5) is 0 Å². The highest BCUT2D eigenvalue weighted by atomic mass is 16.5. The minimum absolute atomic E-state index is 0.0691. The molecule has 0 bridgehead atoms. The topological polar surface area (TPSA) is 52.3 Å². The molecule has 0 aromatic carbocycles. The Morgan fingerprint density at radius 2 is 2.12 bits per heavy atom. The van der Waals surface area contributed by atoms with E-state index in [9.17, 15) is 4.79 Å². The number of ether oxygens (including phenoxy) is 1. The summed E-state index contributed by atoms with van der Waals surface area (Å²) in [7, 11) is 0. The lowest BCUT2D eigenvalue weighted by Crippen LogP contribution is -2.35. The summed E-state index contributed by atoms with van der Waals surface area (Å²) in [6.07, 6.45) is 4.02. The van der Waals surface area contributed by atoms with Crippen LogP contribution in [-0.2, 0) is 9.53 Å². The van der Waals surface area contributed by atoms with E-state index in [2.05, 4.69) is 20.8 Å². The molecular formula is C14H27NO2. The number of nitrogens with two attached hydrogens (primary N) is 1. The van der Waals surface area contributed by atoms with E-state index in [-0.39, 0.29) is 18.0 Å². The summed E-state index contributed by atoms with van der Waals surface area (Å²) in [5, 5.41) is 0. The number of hydrogen-bond acceptors (Lipinski definition) is 3. The zero-order valence-corrected chi connectivity index (χ0v) is 11.7. The molecule has 0 spiro atoms. The van der Waals surface area contributed by atoms with Gasteiger partial charge < -0.3 is 10.5 Å². The maximum absolute atomic E-state index is 11.8. The SMILES string of the molecule is CC1CC(OC(=O)C(C)CCN)CC(C)(C)C1. The maximum atomic E-state index is 11.8. The Kier molecular flexibility index (Phi) is 4.99. The molecule has 17 heavy (non-hydrogen) atoms. The highest BCUT2D eigenvalue weighted by molar-refractivity contribution is 5.72. The van der Waals surface area contributed by atoms with Crippen LogP contribution in [-0.4, -0.2) is 18.6 Å². The van der Waals surface area contributed by atoms with Crippen LogP contribution in [0.1, 0.15) is 53.4 Å². The summed E-state index contributed by atoms with van der Waals surface area (Å²) in [6, 6.07) is 0. The van der Waals surface area contributed by atoms with Gasteiger partial charge in [-0.2, -0.15) is 0 Å². The second-order valence-corrected chi connectivity index (χ2v) is 6.45. The molecule has 1 aliphatic rings. The molecule has 3 heteroatoms. The third-order valence-electron chi connectivity index (χ3n) is 3.63. The molecule has 100 valence electrons. The first kappa shape index (κ1) is 14.5. The van der Waals surface area contributed by atoms with Gasteiger partial charge in [0, 0.05) is 0 Å². The van der Waals surface area contributed by atoms with Gasteiger partial charge >= 0.3 is 5.97 Å². The summed E-state index contributed by atoms with van der Waals surface area (Å²) in [5.41, 5.74) is 5.75. The Morgan fingerprint density at radius 3 is 2.65 bits per heavy atom. The van der Waals surface area contributed by atoms with Crippen LogP contribution >= 0.6 is 0 Å². The van der Waals surface area contributed by atoms with E-state index in [4.69, 9.17) is 10.5 Å². The summed E-state index contributed by atoms with van der Waals surface area (Å²) in [4.78, 5) is 11.8. The van der Waals surface area contributed by atoms with E-state index in [1.807, 2.05) is 6.92 Å². The molecule has 0 heterocycles. The van der Waals surface area contributed by atoms with Crippen LogP contribution in [0.25, 0.3) is 0 Å². The smallest absolute Gasteiger partial charge is 0.308 e. The van der Waals surface area contributed by atoms with Gasteiger partial charge in [0.05, 0.1) is 5.92 Å². The third kappa shape index (κ3) is 4.66. The summed E-state index contributed by atoms with van der Waals surface area (Å²) < 4.78 is 5.62. The minimum atomic E-state index is -0.0784. The van der Waals surface area contributed by atoms with Crippen molar-refractivity contribution >= 4 is 5.97 Å². The lowest BCUT2D eigenvalue weighted by Gasteiger charge is -2.38. The van der Waals surface area contributed by atoms with Crippen molar-refractivity contribution in [3.05, 3.63) is 0 Å². The first-order chi connectivity index (χ1) is 7.84. The molecule has 1 fully saturated rings. The van der Waals surface area contributed by atoms with Crippen LogP contribution in [0.5, 0.6) is 0 Å². The fraction of sp³-hybridized carbons (Fsp3) is 0.929. The van der Waals surface area contributed by atoms with Crippen molar-refractivity contribution in [3.63, 3.8) is 0 Å². The van der Waals surface area contributed by atoms with Crippen LogP contribution in [0, 0.1) is 17.3 Å². The normalized spacial score (nSPS) is 29.7. The average Bonchev–Trinajstić information content (AvgIpc) is 2.14. The van der Waals surface area contributed by atoms with Crippen molar-refractivity contribution in [2.75, 3.05) is 6.54 Å². The lowest BCUT2D eigenvalue weighted by atomic mass is 9.71. The molecule has 0 aromatic heterocycles. The molecule has 1 aliphatic carbocycles. The van der Waals surface area contributed by atoms with E-state index in [0.29, 0.717) is 24.3 Å². The van der Waals surface area contributed by atoms with E-state index in [1.165, 1.54) is 6.42 Å². The molecule has 0 saturated heterocycles.